The number of nitrogens with zero attached hydrogens (tertiary/aromatic N) is 1. The lowest BCUT2D eigenvalue weighted by Gasteiger charge is -2.29. The Morgan fingerprint density at radius 2 is 1.96 bits per heavy atom. The maximum atomic E-state index is 12.5. The molecule has 4 nitrogen and oxygen atoms in total. The van der Waals surface area contributed by atoms with E-state index in [1.165, 1.54) is 6.07 Å². The average Bonchev–Trinajstić information content (AvgIpc) is 2.55. The van der Waals surface area contributed by atoms with Crippen molar-refractivity contribution in [3.8, 4) is 0 Å². The van der Waals surface area contributed by atoms with Crippen molar-refractivity contribution in [2.24, 2.45) is 0 Å². The second-order valence-corrected chi connectivity index (χ2v) is 6.03. The zero-order chi connectivity index (χ0) is 16.4. The predicted octanol–water partition coefficient (Wildman–Crippen LogP) is 3.17. The van der Waals surface area contributed by atoms with Crippen molar-refractivity contribution in [1.29, 1.82) is 0 Å². The predicted molar refractivity (Wildman–Crippen MR) is 87.7 cm³/mol. The summed E-state index contributed by atoms with van der Waals surface area (Å²) in [6.45, 7) is 1.18. The van der Waals surface area contributed by atoms with Crippen LogP contribution in [0.25, 0.3) is 0 Å². The molecule has 0 fully saturated rings. The molecule has 0 bridgehead atoms. The van der Waals surface area contributed by atoms with Gasteiger partial charge in [-0.3, -0.25) is 4.79 Å². The van der Waals surface area contributed by atoms with Gasteiger partial charge in [0.2, 0.25) is 5.91 Å². The Bertz CT molecular complexity index is 773. The SMILES string of the molecule is O=C(O)c1cccc(CC(=O)N2CCc3c(Cl)cccc3C2)c1. The van der Waals surface area contributed by atoms with E-state index < -0.39 is 5.97 Å². The fourth-order valence-electron chi connectivity index (χ4n) is 2.88. The zero-order valence-electron chi connectivity index (χ0n) is 12.5. The standard InChI is InChI=1S/C18H16ClNO3/c19-16-6-2-5-14-11-20(8-7-15(14)16)17(21)10-12-3-1-4-13(9-12)18(22)23/h1-6,9H,7-8,10-11H2,(H,22,23). The van der Waals surface area contributed by atoms with Gasteiger partial charge in [-0.05, 0) is 41.3 Å². The molecule has 0 atom stereocenters. The largest absolute Gasteiger partial charge is 0.478 e. The fourth-order valence-corrected chi connectivity index (χ4v) is 3.17. The third-order valence-electron chi connectivity index (χ3n) is 4.09. The molecule has 0 spiro atoms. The lowest BCUT2D eigenvalue weighted by Crippen LogP contribution is -2.37. The third-order valence-corrected chi connectivity index (χ3v) is 4.44. The smallest absolute Gasteiger partial charge is 0.335 e. The van der Waals surface area contributed by atoms with E-state index in [1.807, 2.05) is 18.2 Å². The van der Waals surface area contributed by atoms with Crippen LogP contribution in [0, 0.1) is 0 Å². The van der Waals surface area contributed by atoms with Crippen molar-refractivity contribution >= 4 is 23.5 Å². The number of rotatable bonds is 3. The lowest BCUT2D eigenvalue weighted by atomic mass is 9.99. The summed E-state index contributed by atoms with van der Waals surface area (Å²) in [4.78, 5) is 25.3. The van der Waals surface area contributed by atoms with Crippen LogP contribution in [0.4, 0.5) is 0 Å². The van der Waals surface area contributed by atoms with E-state index in [0.29, 0.717) is 18.7 Å². The number of carbonyl (C=O) groups is 2. The molecular formula is C18H16ClNO3. The Hall–Kier alpha value is -2.33. The van der Waals surface area contributed by atoms with E-state index in [1.54, 1.807) is 23.1 Å². The van der Waals surface area contributed by atoms with E-state index in [2.05, 4.69) is 0 Å². The minimum absolute atomic E-state index is 0.00170. The van der Waals surface area contributed by atoms with Crippen LogP contribution in [0.15, 0.2) is 42.5 Å². The molecule has 2 aromatic carbocycles. The molecule has 118 valence electrons. The molecule has 1 aliphatic rings. The number of carboxylic acid groups (broad SMARTS) is 1. The monoisotopic (exact) mass is 329 g/mol. The molecule has 2 aromatic rings. The molecule has 1 N–H and O–H groups in total. The first-order chi connectivity index (χ1) is 11.0. The molecule has 1 amide bonds. The number of amides is 1. The van der Waals surface area contributed by atoms with Crippen LogP contribution >= 0.6 is 11.6 Å². The summed E-state index contributed by atoms with van der Waals surface area (Å²) in [6, 6.07) is 12.3. The number of hydrogen-bond acceptors (Lipinski definition) is 2. The highest BCUT2D eigenvalue weighted by atomic mass is 35.5. The van der Waals surface area contributed by atoms with Gasteiger partial charge in [-0.25, -0.2) is 4.79 Å². The summed E-state index contributed by atoms with van der Waals surface area (Å²) in [7, 11) is 0. The Balaban J connectivity index is 1.72. The van der Waals surface area contributed by atoms with Crippen LogP contribution < -0.4 is 0 Å². The highest BCUT2D eigenvalue weighted by Gasteiger charge is 2.22. The van der Waals surface area contributed by atoms with Gasteiger partial charge in [0.25, 0.3) is 0 Å². The molecule has 0 aliphatic carbocycles. The van der Waals surface area contributed by atoms with E-state index in [-0.39, 0.29) is 17.9 Å². The fraction of sp³-hybridized carbons (Fsp3) is 0.222. The molecular weight excluding hydrogens is 314 g/mol. The summed E-state index contributed by atoms with van der Waals surface area (Å²) in [5, 5.41) is 9.77. The minimum atomic E-state index is -0.985. The highest BCUT2D eigenvalue weighted by molar-refractivity contribution is 6.31. The first kappa shape index (κ1) is 15.6. The average molecular weight is 330 g/mol. The Kier molecular flexibility index (Phi) is 4.35. The van der Waals surface area contributed by atoms with Crippen molar-refractivity contribution in [1.82, 2.24) is 4.90 Å². The molecule has 5 heteroatoms. The number of benzene rings is 2. The Labute approximate surface area is 139 Å². The zero-order valence-corrected chi connectivity index (χ0v) is 13.2. The second-order valence-electron chi connectivity index (χ2n) is 5.63. The van der Waals surface area contributed by atoms with Gasteiger partial charge in [-0.15, -0.1) is 0 Å². The second kappa shape index (κ2) is 6.42. The normalized spacial score (nSPS) is 13.5. The Morgan fingerprint density at radius 1 is 1.17 bits per heavy atom. The van der Waals surface area contributed by atoms with Crippen molar-refractivity contribution < 1.29 is 14.7 Å². The van der Waals surface area contributed by atoms with Gasteiger partial charge >= 0.3 is 5.97 Å². The van der Waals surface area contributed by atoms with Crippen LogP contribution in [-0.2, 0) is 24.2 Å². The highest BCUT2D eigenvalue weighted by Crippen LogP contribution is 2.26. The quantitative estimate of drug-likeness (QED) is 0.941. The van der Waals surface area contributed by atoms with Crippen molar-refractivity contribution in [3.63, 3.8) is 0 Å². The van der Waals surface area contributed by atoms with E-state index >= 15 is 0 Å². The van der Waals surface area contributed by atoms with Crippen LogP contribution in [0.3, 0.4) is 0 Å². The number of fused-ring (bicyclic) bond motifs is 1. The van der Waals surface area contributed by atoms with Crippen LogP contribution in [0.5, 0.6) is 0 Å². The lowest BCUT2D eigenvalue weighted by molar-refractivity contribution is -0.131. The number of halogens is 1. The summed E-state index contributed by atoms with van der Waals surface area (Å²) in [6.07, 6.45) is 0.951. The first-order valence-corrected chi connectivity index (χ1v) is 7.78. The molecule has 23 heavy (non-hydrogen) atoms. The minimum Gasteiger partial charge on any atom is -0.478 e. The number of hydrogen-bond donors (Lipinski definition) is 1. The molecule has 0 saturated heterocycles. The van der Waals surface area contributed by atoms with Crippen molar-refractivity contribution in [3.05, 3.63) is 69.7 Å². The van der Waals surface area contributed by atoms with Crippen molar-refractivity contribution in [2.75, 3.05) is 6.54 Å². The summed E-state index contributed by atoms with van der Waals surface area (Å²) in [5.41, 5.74) is 3.11. The van der Waals surface area contributed by atoms with E-state index in [4.69, 9.17) is 16.7 Å². The molecule has 0 unspecified atom stereocenters. The van der Waals surface area contributed by atoms with Crippen LogP contribution in [-0.4, -0.2) is 28.4 Å². The van der Waals surface area contributed by atoms with Crippen LogP contribution in [0.2, 0.25) is 5.02 Å². The van der Waals surface area contributed by atoms with Crippen molar-refractivity contribution in [2.45, 2.75) is 19.4 Å². The molecule has 0 radical (unpaired) electrons. The topological polar surface area (TPSA) is 57.6 Å². The molecule has 1 aliphatic heterocycles. The summed E-state index contributed by atoms with van der Waals surface area (Å²) >= 11 is 6.19. The molecule has 3 rings (SSSR count). The number of aromatic carboxylic acids is 1. The maximum absolute atomic E-state index is 12.5. The van der Waals surface area contributed by atoms with Gasteiger partial charge < -0.3 is 10.0 Å². The van der Waals surface area contributed by atoms with Gasteiger partial charge in [0.15, 0.2) is 0 Å². The van der Waals surface area contributed by atoms with Crippen LogP contribution in [0.1, 0.15) is 27.0 Å². The molecule has 1 heterocycles. The van der Waals surface area contributed by atoms with Gasteiger partial charge in [-0.1, -0.05) is 35.9 Å². The summed E-state index contributed by atoms with van der Waals surface area (Å²) < 4.78 is 0. The van der Waals surface area contributed by atoms with Gasteiger partial charge in [0.05, 0.1) is 12.0 Å². The number of carboxylic acids is 1. The van der Waals surface area contributed by atoms with Gasteiger partial charge in [-0.2, -0.15) is 0 Å². The van der Waals surface area contributed by atoms with E-state index in [9.17, 15) is 9.59 Å². The molecule has 0 aromatic heterocycles. The molecule has 0 saturated carbocycles. The number of carbonyl (C=O) groups excluding carboxylic acids is 1. The van der Waals surface area contributed by atoms with E-state index in [0.717, 1.165) is 22.6 Å². The summed E-state index contributed by atoms with van der Waals surface area (Å²) in [5.74, 6) is -0.987. The third kappa shape index (κ3) is 3.37. The Morgan fingerprint density at radius 3 is 2.74 bits per heavy atom. The first-order valence-electron chi connectivity index (χ1n) is 7.41. The maximum Gasteiger partial charge on any atom is 0.335 e. The van der Waals surface area contributed by atoms with Gasteiger partial charge in [0.1, 0.15) is 0 Å². The van der Waals surface area contributed by atoms with Gasteiger partial charge in [0, 0.05) is 18.1 Å².